The quantitative estimate of drug-likeness (QED) is 0.726. The highest BCUT2D eigenvalue weighted by molar-refractivity contribution is 4.92. The fourth-order valence-electron chi connectivity index (χ4n) is 3.90. The Labute approximate surface area is 125 Å². The molecule has 2 fully saturated rings. The summed E-state index contributed by atoms with van der Waals surface area (Å²) in [6, 6.07) is 0.764. The van der Waals surface area contributed by atoms with Crippen LogP contribution < -0.4 is 5.32 Å². The van der Waals surface area contributed by atoms with Gasteiger partial charge >= 0.3 is 0 Å². The van der Waals surface area contributed by atoms with E-state index >= 15 is 0 Å². The minimum Gasteiger partial charge on any atom is -0.375 e. The van der Waals surface area contributed by atoms with Gasteiger partial charge in [-0.2, -0.15) is 0 Å². The SMILES string of the molecule is CCCNCC1CCN(C2CCOC(CC)(CC)C2)C1. The van der Waals surface area contributed by atoms with Crippen LogP contribution >= 0.6 is 0 Å². The van der Waals surface area contributed by atoms with Crippen LogP contribution in [0.5, 0.6) is 0 Å². The topological polar surface area (TPSA) is 24.5 Å². The molecule has 2 atom stereocenters. The molecule has 0 amide bonds. The minimum absolute atomic E-state index is 0.168. The molecular weight excluding hydrogens is 248 g/mol. The molecule has 2 aliphatic rings. The molecule has 0 aromatic carbocycles. The molecule has 3 heteroatoms. The van der Waals surface area contributed by atoms with E-state index in [1.807, 2.05) is 0 Å². The molecule has 20 heavy (non-hydrogen) atoms. The standard InChI is InChI=1S/C17H34N2O/c1-4-9-18-13-15-7-10-19(14-15)16-8-11-20-17(5-2,6-3)12-16/h15-16,18H,4-14H2,1-3H3. The van der Waals surface area contributed by atoms with Crippen molar-refractivity contribution in [3.8, 4) is 0 Å². The summed E-state index contributed by atoms with van der Waals surface area (Å²) in [5.41, 5.74) is 0.168. The van der Waals surface area contributed by atoms with Gasteiger partial charge in [0.15, 0.2) is 0 Å². The lowest BCUT2D eigenvalue weighted by molar-refractivity contribution is -0.108. The van der Waals surface area contributed by atoms with Crippen molar-refractivity contribution in [3.63, 3.8) is 0 Å². The number of hydrogen-bond donors (Lipinski definition) is 1. The number of nitrogens with one attached hydrogen (secondary N) is 1. The van der Waals surface area contributed by atoms with Gasteiger partial charge in [0.25, 0.3) is 0 Å². The number of nitrogens with zero attached hydrogens (tertiary/aromatic N) is 1. The lowest BCUT2D eigenvalue weighted by Gasteiger charge is -2.43. The maximum absolute atomic E-state index is 6.12. The third kappa shape index (κ3) is 3.96. The summed E-state index contributed by atoms with van der Waals surface area (Å²) >= 11 is 0. The van der Waals surface area contributed by atoms with E-state index in [9.17, 15) is 0 Å². The summed E-state index contributed by atoms with van der Waals surface area (Å²) in [6.45, 7) is 12.7. The molecule has 118 valence electrons. The van der Waals surface area contributed by atoms with Crippen molar-refractivity contribution in [2.24, 2.45) is 5.92 Å². The molecule has 0 radical (unpaired) electrons. The average molecular weight is 282 g/mol. The van der Waals surface area contributed by atoms with E-state index in [1.165, 1.54) is 51.9 Å². The van der Waals surface area contributed by atoms with E-state index in [4.69, 9.17) is 4.74 Å². The molecular formula is C17H34N2O. The molecule has 2 heterocycles. The highest BCUT2D eigenvalue weighted by atomic mass is 16.5. The minimum atomic E-state index is 0.168. The van der Waals surface area contributed by atoms with Gasteiger partial charge in [-0.25, -0.2) is 0 Å². The first-order valence-electron chi connectivity index (χ1n) is 8.81. The molecule has 0 saturated carbocycles. The monoisotopic (exact) mass is 282 g/mol. The van der Waals surface area contributed by atoms with Gasteiger partial charge in [-0.15, -0.1) is 0 Å². The molecule has 2 aliphatic heterocycles. The average Bonchev–Trinajstić information content (AvgIpc) is 2.96. The molecule has 0 aliphatic carbocycles. The highest BCUT2D eigenvalue weighted by Gasteiger charge is 2.38. The van der Waals surface area contributed by atoms with E-state index in [0.29, 0.717) is 0 Å². The first kappa shape index (κ1) is 16.3. The van der Waals surface area contributed by atoms with Crippen molar-refractivity contribution in [3.05, 3.63) is 0 Å². The summed E-state index contributed by atoms with van der Waals surface area (Å²) in [5, 5.41) is 3.59. The number of ether oxygens (including phenoxy) is 1. The lowest BCUT2D eigenvalue weighted by Crippen LogP contribution is -2.47. The number of likely N-dealkylation sites (tertiary alicyclic amines) is 1. The number of hydrogen-bond acceptors (Lipinski definition) is 3. The summed E-state index contributed by atoms with van der Waals surface area (Å²) < 4.78 is 6.12. The largest absolute Gasteiger partial charge is 0.375 e. The zero-order valence-corrected chi connectivity index (χ0v) is 13.8. The maximum atomic E-state index is 6.12. The van der Waals surface area contributed by atoms with E-state index in [0.717, 1.165) is 31.4 Å². The van der Waals surface area contributed by atoms with Crippen LogP contribution in [0.15, 0.2) is 0 Å². The molecule has 3 nitrogen and oxygen atoms in total. The normalized spacial score (nSPS) is 30.8. The maximum Gasteiger partial charge on any atom is 0.0692 e. The second-order valence-electron chi connectivity index (χ2n) is 6.74. The fourth-order valence-corrected chi connectivity index (χ4v) is 3.90. The lowest BCUT2D eigenvalue weighted by atomic mass is 9.85. The second-order valence-corrected chi connectivity index (χ2v) is 6.74. The smallest absolute Gasteiger partial charge is 0.0692 e. The Hall–Kier alpha value is -0.120. The summed E-state index contributed by atoms with van der Waals surface area (Å²) in [6.07, 6.45) is 7.42. The van der Waals surface area contributed by atoms with Crippen LogP contribution in [0.4, 0.5) is 0 Å². The summed E-state index contributed by atoms with van der Waals surface area (Å²) in [7, 11) is 0. The molecule has 0 spiro atoms. The van der Waals surface area contributed by atoms with Crippen LogP contribution in [0.2, 0.25) is 0 Å². The van der Waals surface area contributed by atoms with Crippen molar-refractivity contribution in [2.75, 3.05) is 32.8 Å². The fraction of sp³-hybridized carbons (Fsp3) is 1.00. The van der Waals surface area contributed by atoms with Crippen LogP contribution in [-0.2, 0) is 4.74 Å². The third-order valence-electron chi connectivity index (χ3n) is 5.45. The van der Waals surface area contributed by atoms with Crippen molar-refractivity contribution < 1.29 is 4.74 Å². The number of rotatable bonds is 7. The Bertz CT molecular complexity index is 278. The molecule has 2 unspecified atom stereocenters. The second kappa shape index (κ2) is 7.77. The first-order chi connectivity index (χ1) is 9.73. The van der Waals surface area contributed by atoms with Crippen LogP contribution in [-0.4, -0.2) is 49.3 Å². The van der Waals surface area contributed by atoms with Crippen LogP contribution in [0, 0.1) is 5.92 Å². The Kier molecular flexibility index (Phi) is 6.31. The zero-order valence-electron chi connectivity index (χ0n) is 13.8. The van der Waals surface area contributed by atoms with Gasteiger partial charge in [0, 0.05) is 19.2 Å². The molecule has 2 rings (SSSR count). The van der Waals surface area contributed by atoms with Gasteiger partial charge in [0.2, 0.25) is 0 Å². The molecule has 0 bridgehead atoms. The highest BCUT2D eigenvalue weighted by Crippen LogP contribution is 2.35. The van der Waals surface area contributed by atoms with Crippen molar-refractivity contribution in [1.82, 2.24) is 10.2 Å². The van der Waals surface area contributed by atoms with Gasteiger partial charge in [-0.05, 0) is 64.1 Å². The Balaban J connectivity index is 1.80. The van der Waals surface area contributed by atoms with Gasteiger partial charge in [-0.1, -0.05) is 20.8 Å². The van der Waals surface area contributed by atoms with E-state index in [2.05, 4.69) is 31.0 Å². The van der Waals surface area contributed by atoms with Crippen molar-refractivity contribution in [1.29, 1.82) is 0 Å². The predicted molar refractivity (Wildman–Crippen MR) is 85.1 cm³/mol. The van der Waals surface area contributed by atoms with Gasteiger partial charge in [0.05, 0.1) is 5.60 Å². The first-order valence-corrected chi connectivity index (χ1v) is 8.81. The third-order valence-corrected chi connectivity index (χ3v) is 5.45. The van der Waals surface area contributed by atoms with E-state index in [1.54, 1.807) is 0 Å². The molecule has 0 aromatic heterocycles. The molecule has 2 saturated heterocycles. The Morgan fingerprint density at radius 1 is 1.20 bits per heavy atom. The van der Waals surface area contributed by atoms with E-state index in [-0.39, 0.29) is 5.60 Å². The summed E-state index contributed by atoms with van der Waals surface area (Å²) in [4.78, 5) is 2.75. The van der Waals surface area contributed by atoms with Crippen molar-refractivity contribution in [2.45, 2.75) is 70.9 Å². The zero-order chi connectivity index (χ0) is 14.4. The van der Waals surface area contributed by atoms with E-state index < -0.39 is 0 Å². The summed E-state index contributed by atoms with van der Waals surface area (Å²) in [5.74, 6) is 0.863. The van der Waals surface area contributed by atoms with Crippen molar-refractivity contribution >= 4 is 0 Å². The molecule has 0 aromatic rings. The van der Waals surface area contributed by atoms with Crippen LogP contribution in [0.25, 0.3) is 0 Å². The van der Waals surface area contributed by atoms with Gasteiger partial charge < -0.3 is 10.1 Å². The van der Waals surface area contributed by atoms with Crippen LogP contribution in [0.1, 0.15) is 59.3 Å². The Morgan fingerprint density at radius 2 is 2.00 bits per heavy atom. The van der Waals surface area contributed by atoms with Gasteiger partial charge in [0.1, 0.15) is 0 Å². The molecule has 1 N–H and O–H groups in total. The Morgan fingerprint density at radius 3 is 2.70 bits per heavy atom. The predicted octanol–water partition coefficient (Wildman–Crippen LogP) is 3.05. The van der Waals surface area contributed by atoms with Crippen LogP contribution in [0.3, 0.4) is 0 Å². The van der Waals surface area contributed by atoms with Gasteiger partial charge in [-0.3, -0.25) is 4.90 Å².